The maximum atomic E-state index is 13.1. The van der Waals surface area contributed by atoms with Crippen molar-refractivity contribution in [3.8, 4) is 0 Å². The Balaban J connectivity index is 1.89. The molecule has 0 unspecified atom stereocenters. The highest BCUT2D eigenvalue weighted by Gasteiger charge is 2.20. The Hall–Kier alpha value is -1.69. The monoisotopic (exact) mass is 351 g/mol. The van der Waals surface area contributed by atoms with E-state index in [1.807, 2.05) is 34.3 Å². The number of rotatable bonds is 4. The number of amides is 1. The van der Waals surface area contributed by atoms with E-state index >= 15 is 0 Å². The molecule has 0 radical (unpaired) electrons. The Labute approximate surface area is 140 Å². The maximum absolute atomic E-state index is 13.1. The highest BCUT2D eigenvalue weighted by atomic mass is 35.5. The van der Waals surface area contributed by atoms with Crippen molar-refractivity contribution in [1.82, 2.24) is 5.32 Å². The van der Waals surface area contributed by atoms with Gasteiger partial charge in [-0.05, 0) is 52.0 Å². The van der Waals surface area contributed by atoms with Crippen molar-refractivity contribution in [3.63, 3.8) is 0 Å². The molecular weight excluding hydrogens is 341 g/mol. The highest BCUT2D eigenvalue weighted by molar-refractivity contribution is 7.10. The van der Waals surface area contributed by atoms with Gasteiger partial charge in [-0.15, -0.1) is 11.3 Å². The first-order valence-electron chi connectivity index (χ1n) is 6.46. The molecule has 112 valence electrons. The second-order valence-electron chi connectivity index (χ2n) is 4.60. The topological polar surface area (TPSA) is 29.1 Å². The summed E-state index contributed by atoms with van der Waals surface area (Å²) in [6.45, 7) is 0. The second-order valence-corrected chi connectivity index (χ2v) is 6.77. The standard InChI is InChI=1S/C16H11ClFNOS2/c17-13-8-11(18)3-4-12(13)16(20)19-15(10-5-7-21-9-10)14-2-1-6-22-14/h1-9,15H,(H,19,20)/t15-/m0/s1. The van der Waals surface area contributed by atoms with Crippen LogP contribution in [0.4, 0.5) is 4.39 Å². The summed E-state index contributed by atoms with van der Waals surface area (Å²) in [6.07, 6.45) is 0. The molecule has 1 aromatic carbocycles. The number of hydrogen-bond acceptors (Lipinski definition) is 3. The number of halogens is 2. The molecule has 2 heterocycles. The molecule has 3 rings (SSSR count). The van der Waals surface area contributed by atoms with Gasteiger partial charge in [-0.3, -0.25) is 4.79 Å². The lowest BCUT2D eigenvalue weighted by molar-refractivity contribution is 0.0943. The van der Waals surface area contributed by atoms with Crippen LogP contribution in [0.3, 0.4) is 0 Å². The maximum Gasteiger partial charge on any atom is 0.253 e. The number of carbonyl (C=O) groups excluding carboxylic acids is 1. The summed E-state index contributed by atoms with van der Waals surface area (Å²) in [4.78, 5) is 13.5. The van der Waals surface area contributed by atoms with Crippen LogP contribution >= 0.6 is 34.3 Å². The molecule has 2 aromatic heterocycles. The van der Waals surface area contributed by atoms with E-state index in [-0.39, 0.29) is 22.5 Å². The van der Waals surface area contributed by atoms with E-state index in [9.17, 15) is 9.18 Å². The van der Waals surface area contributed by atoms with E-state index in [0.29, 0.717) is 0 Å². The summed E-state index contributed by atoms with van der Waals surface area (Å²) in [5.74, 6) is -0.788. The minimum Gasteiger partial charge on any atom is -0.340 e. The Kier molecular flexibility index (Phi) is 4.57. The third-order valence-electron chi connectivity index (χ3n) is 3.16. The van der Waals surface area contributed by atoms with Gasteiger partial charge in [0, 0.05) is 4.88 Å². The second kappa shape index (κ2) is 6.60. The van der Waals surface area contributed by atoms with Gasteiger partial charge in [0.15, 0.2) is 0 Å². The SMILES string of the molecule is O=C(N[C@@H](c1ccsc1)c1cccs1)c1ccc(F)cc1Cl. The van der Waals surface area contributed by atoms with E-state index in [4.69, 9.17) is 11.6 Å². The molecule has 1 N–H and O–H groups in total. The fourth-order valence-corrected chi connectivity index (χ4v) is 3.84. The van der Waals surface area contributed by atoms with Crippen molar-refractivity contribution in [1.29, 1.82) is 0 Å². The van der Waals surface area contributed by atoms with E-state index in [2.05, 4.69) is 5.32 Å². The molecule has 3 aromatic rings. The van der Waals surface area contributed by atoms with Gasteiger partial charge in [-0.25, -0.2) is 4.39 Å². The summed E-state index contributed by atoms with van der Waals surface area (Å²) in [5, 5.41) is 9.00. The van der Waals surface area contributed by atoms with E-state index in [1.54, 1.807) is 22.7 Å². The minimum absolute atomic E-state index is 0.104. The van der Waals surface area contributed by atoms with Gasteiger partial charge in [0.1, 0.15) is 5.82 Å². The smallest absolute Gasteiger partial charge is 0.253 e. The minimum atomic E-state index is -0.464. The van der Waals surface area contributed by atoms with Gasteiger partial charge in [0.25, 0.3) is 5.91 Å². The van der Waals surface area contributed by atoms with Crippen LogP contribution in [0.25, 0.3) is 0 Å². The van der Waals surface area contributed by atoms with Crippen LogP contribution in [0.15, 0.2) is 52.5 Å². The molecule has 1 atom stereocenters. The Morgan fingerprint density at radius 2 is 2.09 bits per heavy atom. The van der Waals surface area contributed by atoms with Gasteiger partial charge < -0.3 is 5.32 Å². The molecule has 0 spiro atoms. The molecule has 6 heteroatoms. The summed E-state index contributed by atoms with van der Waals surface area (Å²) < 4.78 is 13.1. The van der Waals surface area contributed by atoms with Crippen LogP contribution in [-0.2, 0) is 0 Å². The Bertz CT molecular complexity index is 737. The lowest BCUT2D eigenvalue weighted by Crippen LogP contribution is -2.28. The molecule has 0 aliphatic carbocycles. The van der Waals surface area contributed by atoms with Crippen LogP contribution in [0, 0.1) is 5.82 Å². The van der Waals surface area contributed by atoms with Gasteiger partial charge in [-0.2, -0.15) is 11.3 Å². The van der Waals surface area contributed by atoms with Crippen molar-refractivity contribution in [2.75, 3.05) is 0 Å². The molecule has 1 amide bonds. The predicted octanol–water partition coefficient (Wildman–Crippen LogP) is 5.12. The van der Waals surface area contributed by atoms with Gasteiger partial charge in [0.2, 0.25) is 0 Å². The van der Waals surface area contributed by atoms with Crippen molar-refractivity contribution in [2.45, 2.75) is 6.04 Å². The highest BCUT2D eigenvalue weighted by Crippen LogP contribution is 2.28. The third-order valence-corrected chi connectivity index (χ3v) is 5.11. The Morgan fingerprint density at radius 1 is 1.23 bits per heavy atom. The first-order chi connectivity index (χ1) is 10.6. The van der Waals surface area contributed by atoms with E-state index in [1.165, 1.54) is 12.1 Å². The molecule has 2 nitrogen and oxygen atoms in total. The van der Waals surface area contributed by atoms with E-state index in [0.717, 1.165) is 16.5 Å². The summed E-state index contributed by atoms with van der Waals surface area (Å²) >= 11 is 9.10. The number of benzene rings is 1. The Morgan fingerprint density at radius 3 is 2.73 bits per heavy atom. The fourth-order valence-electron chi connectivity index (χ4n) is 2.10. The lowest BCUT2D eigenvalue weighted by Gasteiger charge is -2.17. The van der Waals surface area contributed by atoms with Gasteiger partial charge in [0.05, 0.1) is 16.6 Å². The average molecular weight is 352 g/mol. The van der Waals surface area contributed by atoms with Crippen molar-refractivity contribution in [2.24, 2.45) is 0 Å². The fraction of sp³-hybridized carbons (Fsp3) is 0.0625. The molecule has 0 fully saturated rings. The summed E-state index contributed by atoms with van der Waals surface area (Å²) in [5.41, 5.74) is 1.28. The van der Waals surface area contributed by atoms with Crippen LogP contribution in [-0.4, -0.2) is 5.91 Å². The van der Waals surface area contributed by atoms with Crippen LogP contribution < -0.4 is 5.32 Å². The predicted molar refractivity (Wildman–Crippen MR) is 89.4 cm³/mol. The van der Waals surface area contributed by atoms with Crippen molar-refractivity contribution in [3.05, 3.63) is 79.4 Å². The first-order valence-corrected chi connectivity index (χ1v) is 8.66. The number of carbonyl (C=O) groups is 1. The molecule has 22 heavy (non-hydrogen) atoms. The molecule has 0 bridgehead atoms. The average Bonchev–Trinajstić information content (AvgIpc) is 3.18. The quantitative estimate of drug-likeness (QED) is 0.694. The number of hydrogen-bond donors (Lipinski definition) is 1. The van der Waals surface area contributed by atoms with Crippen LogP contribution in [0.2, 0.25) is 5.02 Å². The van der Waals surface area contributed by atoms with Crippen LogP contribution in [0.5, 0.6) is 0 Å². The first kappa shape index (κ1) is 15.2. The van der Waals surface area contributed by atoms with E-state index < -0.39 is 5.82 Å². The zero-order valence-corrected chi connectivity index (χ0v) is 13.6. The third kappa shape index (κ3) is 3.21. The summed E-state index contributed by atoms with van der Waals surface area (Å²) in [7, 11) is 0. The zero-order chi connectivity index (χ0) is 15.5. The zero-order valence-electron chi connectivity index (χ0n) is 11.3. The van der Waals surface area contributed by atoms with Gasteiger partial charge in [-0.1, -0.05) is 17.7 Å². The molecule has 0 saturated heterocycles. The molecular formula is C16H11ClFNOS2. The summed E-state index contributed by atoms with van der Waals surface area (Å²) in [6, 6.07) is 9.41. The van der Waals surface area contributed by atoms with Crippen molar-refractivity contribution < 1.29 is 9.18 Å². The van der Waals surface area contributed by atoms with Crippen molar-refractivity contribution >= 4 is 40.2 Å². The number of thiophene rings is 2. The number of nitrogens with one attached hydrogen (secondary N) is 1. The molecule has 0 aliphatic heterocycles. The molecule has 0 aliphatic rings. The van der Waals surface area contributed by atoms with Crippen LogP contribution in [0.1, 0.15) is 26.8 Å². The lowest BCUT2D eigenvalue weighted by atomic mass is 10.1. The largest absolute Gasteiger partial charge is 0.340 e. The molecule has 0 saturated carbocycles. The normalized spacial score (nSPS) is 12.1. The van der Waals surface area contributed by atoms with Gasteiger partial charge >= 0.3 is 0 Å².